The number of aromatic nitrogens is 1. The molecule has 1 aliphatic rings. The van der Waals surface area contributed by atoms with Crippen LogP contribution in [0, 0.1) is 5.82 Å². The van der Waals surface area contributed by atoms with E-state index in [0.717, 1.165) is 10.9 Å². The molecule has 0 bridgehead atoms. The van der Waals surface area contributed by atoms with E-state index >= 15 is 4.39 Å². The first-order valence-corrected chi connectivity index (χ1v) is 9.45. The van der Waals surface area contributed by atoms with Crippen LogP contribution >= 0.6 is 0 Å². The molecule has 1 fully saturated rings. The molecule has 0 radical (unpaired) electrons. The summed E-state index contributed by atoms with van der Waals surface area (Å²) in [5.74, 6) is -0.297. The lowest BCUT2D eigenvalue weighted by Crippen LogP contribution is -2.41. The molecule has 0 spiro atoms. The largest absolute Gasteiger partial charge is 0.494 e. The molecule has 0 saturated carbocycles. The molecule has 2 heterocycles. The number of halogens is 1. The second kappa shape index (κ2) is 6.26. The van der Waals surface area contributed by atoms with Crippen LogP contribution in [0.25, 0.3) is 10.9 Å². The van der Waals surface area contributed by atoms with Gasteiger partial charge in [0.05, 0.1) is 16.9 Å². The Bertz CT molecular complexity index is 871. The lowest BCUT2D eigenvalue weighted by Gasteiger charge is -2.32. The first-order chi connectivity index (χ1) is 12.2. The standard InChI is InChI=1S/C21H29BFNO3/c1-12(2)14-11-17(19(3,4)25)24-18-15(14)9-13(10-16(18)23)22-26-20(5,6)21(7,8)27-22/h9-12,25H,1-8H3. The van der Waals surface area contributed by atoms with Crippen molar-refractivity contribution in [2.24, 2.45) is 0 Å². The van der Waals surface area contributed by atoms with Gasteiger partial charge in [0.25, 0.3) is 0 Å². The van der Waals surface area contributed by atoms with Gasteiger partial charge in [0, 0.05) is 5.39 Å². The summed E-state index contributed by atoms with van der Waals surface area (Å²) in [6.07, 6.45) is 0. The topological polar surface area (TPSA) is 51.6 Å². The summed E-state index contributed by atoms with van der Waals surface area (Å²) in [7, 11) is -0.636. The molecule has 27 heavy (non-hydrogen) atoms. The maximum Gasteiger partial charge on any atom is 0.494 e. The van der Waals surface area contributed by atoms with Crippen molar-refractivity contribution >= 4 is 23.5 Å². The molecule has 0 atom stereocenters. The molecule has 6 heteroatoms. The SMILES string of the molecule is CC(C)c1cc(C(C)(C)O)nc2c(F)cc(B3OC(C)(C)C(C)(C)O3)cc12. The highest BCUT2D eigenvalue weighted by atomic mass is 19.1. The molecule has 146 valence electrons. The molecular weight excluding hydrogens is 344 g/mol. The Labute approximate surface area is 161 Å². The molecule has 1 aliphatic heterocycles. The Hall–Kier alpha value is -1.50. The van der Waals surface area contributed by atoms with E-state index in [0.29, 0.717) is 11.2 Å². The van der Waals surface area contributed by atoms with Crippen molar-refractivity contribution in [3.05, 3.63) is 35.3 Å². The van der Waals surface area contributed by atoms with Crippen molar-refractivity contribution in [2.45, 2.75) is 78.1 Å². The van der Waals surface area contributed by atoms with Crippen LogP contribution in [-0.4, -0.2) is 28.4 Å². The van der Waals surface area contributed by atoms with Gasteiger partial charge >= 0.3 is 7.12 Å². The van der Waals surface area contributed by atoms with Gasteiger partial charge in [0.15, 0.2) is 0 Å². The third-order valence-electron chi connectivity index (χ3n) is 5.70. The Morgan fingerprint density at radius 2 is 1.63 bits per heavy atom. The van der Waals surface area contributed by atoms with E-state index in [-0.39, 0.29) is 11.4 Å². The van der Waals surface area contributed by atoms with Gasteiger partial charge in [-0.25, -0.2) is 9.37 Å². The minimum absolute atomic E-state index is 0.143. The first kappa shape index (κ1) is 20.2. The van der Waals surface area contributed by atoms with E-state index < -0.39 is 29.7 Å². The number of aliphatic hydroxyl groups is 1. The molecule has 0 aliphatic carbocycles. The molecule has 1 aromatic carbocycles. The maximum atomic E-state index is 15.0. The highest BCUT2D eigenvalue weighted by Crippen LogP contribution is 2.37. The Balaban J connectivity index is 2.19. The monoisotopic (exact) mass is 373 g/mol. The van der Waals surface area contributed by atoms with E-state index in [1.54, 1.807) is 13.8 Å². The Morgan fingerprint density at radius 3 is 2.11 bits per heavy atom. The van der Waals surface area contributed by atoms with Gasteiger partial charge in [0.1, 0.15) is 16.9 Å². The molecule has 1 aromatic heterocycles. The summed E-state index contributed by atoms with van der Waals surface area (Å²) < 4.78 is 27.2. The quantitative estimate of drug-likeness (QED) is 0.826. The summed E-state index contributed by atoms with van der Waals surface area (Å²) in [5, 5.41) is 11.1. The highest BCUT2D eigenvalue weighted by molar-refractivity contribution is 6.62. The molecule has 0 unspecified atom stereocenters. The Kier molecular flexibility index (Phi) is 4.69. The minimum Gasteiger partial charge on any atom is -0.399 e. The van der Waals surface area contributed by atoms with E-state index in [1.165, 1.54) is 6.07 Å². The van der Waals surface area contributed by atoms with Gasteiger partial charge in [-0.2, -0.15) is 0 Å². The van der Waals surface area contributed by atoms with Gasteiger partial charge in [-0.15, -0.1) is 0 Å². The van der Waals surface area contributed by atoms with E-state index in [9.17, 15) is 5.11 Å². The number of rotatable bonds is 3. The molecule has 1 saturated heterocycles. The van der Waals surface area contributed by atoms with E-state index in [2.05, 4.69) is 4.98 Å². The predicted octanol–water partition coefficient (Wildman–Crippen LogP) is 4.02. The first-order valence-electron chi connectivity index (χ1n) is 9.45. The minimum atomic E-state index is -1.14. The molecule has 4 nitrogen and oxygen atoms in total. The highest BCUT2D eigenvalue weighted by Gasteiger charge is 2.51. The smallest absolute Gasteiger partial charge is 0.399 e. The van der Waals surface area contributed by atoms with Crippen LogP contribution in [0.3, 0.4) is 0 Å². The molecular formula is C21H29BFNO3. The lowest BCUT2D eigenvalue weighted by atomic mass is 9.77. The summed E-state index contributed by atoms with van der Waals surface area (Å²) in [4.78, 5) is 4.41. The van der Waals surface area contributed by atoms with Crippen LogP contribution in [0.2, 0.25) is 0 Å². The fourth-order valence-corrected chi connectivity index (χ4v) is 3.24. The van der Waals surface area contributed by atoms with Crippen molar-refractivity contribution in [3.8, 4) is 0 Å². The van der Waals surface area contributed by atoms with E-state index in [1.807, 2.05) is 53.7 Å². The number of nitrogens with zero attached hydrogens (tertiary/aromatic N) is 1. The molecule has 0 amide bonds. The Morgan fingerprint density at radius 1 is 1.07 bits per heavy atom. The third kappa shape index (κ3) is 3.51. The average Bonchev–Trinajstić information content (AvgIpc) is 2.73. The van der Waals surface area contributed by atoms with Crippen molar-refractivity contribution in [3.63, 3.8) is 0 Å². The number of hydrogen-bond donors (Lipinski definition) is 1. The van der Waals surface area contributed by atoms with E-state index in [4.69, 9.17) is 9.31 Å². The summed E-state index contributed by atoms with van der Waals surface area (Å²) in [6.45, 7) is 15.3. The lowest BCUT2D eigenvalue weighted by molar-refractivity contribution is 0.00578. The summed E-state index contributed by atoms with van der Waals surface area (Å²) >= 11 is 0. The van der Waals surface area contributed by atoms with Crippen LogP contribution in [0.4, 0.5) is 4.39 Å². The number of fused-ring (bicyclic) bond motifs is 1. The van der Waals surface area contributed by atoms with Crippen molar-refractivity contribution in [1.82, 2.24) is 4.98 Å². The second-order valence-electron chi connectivity index (χ2n) is 9.30. The fraction of sp³-hybridized carbons (Fsp3) is 0.571. The van der Waals surface area contributed by atoms with Gasteiger partial charge in [-0.05, 0) is 70.6 Å². The zero-order valence-corrected chi connectivity index (χ0v) is 17.5. The van der Waals surface area contributed by atoms with Crippen molar-refractivity contribution in [1.29, 1.82) is 0 Å². The molecule has 2 aromatic rings. The zero-order chi connectivity index (χ0) is 20.4. The summed E-state index contributed by atoms with van der Waals surface area (Å²) in [6, 6.07) is 5.19. The van der Waals surface area contributed by atoms with Crippen LogP contribution in [-0.2, 0) is 14.9 Å². The maximum absolute atomic E-state index is 15.0. The van der Waals surface area contributed by atoms with Gasteiger partial charge in [-0.3, -0.25) is 0 Å². The number of pyridine rings is 1. The van der Waals surface area contributed by atoms with Crippen LogP contribution < -0.4 is 5.46 Å². The summed E-state index contributed by atoms with van der Waals surface area (Å²) in [5.41, 5.74) is 0.168. The normalized spacial score (nSPS) is 19.3. The van der Waals surface area contributed by atoms with Gasteiger partial charge in [0.2, 0.25) is 0 Å². The van der Waals surface area contributed by atoms with Crippen molar-refractivity contribution in [2.75, 3.05) is 0 Å². The van der Waals surface area contributed by atoms with Crippen LogP contribution in [0.15, 0.2) is 18.2 Å². The molecule has 1 N–H and O–H groups in total. The third-order valence-corrected chi connectivity index (χ3v) is 5.70. The predicted molar refractivity (Wildman–Crippen MR) is 107 cm³/mol. The van der Waals surface area contributed by atoms with Gasteiger partial charge in [-0.1, -0.05) is 19.9 Å². The molecule has 3 rings (SSSR count). The van der Waals surface area contributed by atoms with Crippen LogP contribution in [0.1, 0.15) is 72.6 Å². The second-order valence-corrected chi connectivity index (χ2v) is 9.30. The van der Waals surface area contributed by atoms with Crippen molar-refractivity contribution < 1.29 is 18.8 Å². The fourth-order valence-electron chi connectivity index (χ4n) is 3.24. The van der Waals surface area contributed by atoms with Gasteiger partial charge < -0.3 is 14.4 Å². The van der Waals surface area contributed by atoms with Crippen LogP contribution in [0.5, 0.6) is 0 Å². The number of benzene rings is 1. The average molecular weight is 373 g/mol. The zero-order valence-electron chi connectivity index (χ0n) is 17.5. The number of hydrogen-bond acceptors (Lipinski definition) is 4.